The third kappa shape index (κ3) is 71.1. The second-order valence-corrected chi connectivity index (χ2v) is 32.6. The summed E-state index contributed by atoms with van der Waals surface area (Å²) < 4.78 is 68.6. The van der Waals surface area contributed by atoms with Crippen LogP contribution in [0, 0.1) is 17.8 Å². The first kappa shape index (κ1) is 96.1. The number of aliphatic hydroxyl groups excluding tert-OH is 1. The molecule has 3 N–H and O–H groups in total. The molecule has 582 valence electrons. The molecule has 0 heterocycles. The number of hydrogen-bond acceptors (Lipinski definition) is 15. The van der Waals surface area contributed by atoms with Gasteiger partial charge in [-0.05, 0) is 43.4 Å². The lowest BCUT2D eigenvalue weighted by Gasteiger charge is -2.21. The van der Waals surface area contributed by atoms with Crippen molar-refractivity contribution in [2.24, 2.45) is 17.8 Å². The Morgan fingerprint density at radius 2 is 0.520 bits per heavy atom. The van der Waals surface area contributed by atoms with Crippen LogP contribution < -0.4 is 0 Å². The largest absolute Gasteiger partial charge is 0.472 e. The smallest absolute Gasteiger partial charge is 0.462 e. The Kier molecular flexibility index (Phi) is 68.1. The van der Waals surface area contributed by atoms with Crippen LogP contribution in [-0.2, 0) is 65.4 Å². The third-order valence-corrected chi connectivity index (χ3v) is 20.6. The van der Waals surface area contributed by atoms with Crippen molar-refractivity contribution >= 4 is 39.5 Å². The Balaban J connectivity index is 5.22. The lowest BCUT2D eigenvalue weighted by atomic mass is 9.99. The average molecular weight is 1440 g/mol. The lowest BCUT2D eigenvalue weighted by Crippen LogP contribution is -2.30. The summed E-state index contributed by atoms with van der Waals surface area (Å²) >= 11 is 0. The van der Waals surface area contributed by atoms with Crippen LogP contribution in [0.5, 0.6) is 0 Å². The molecule has 19 heteroatoms. The summed E-state index contributed by atoms with van der Waals surface area (Å²) in [4.78, 5) is 72.9. The highest BCUT2D eigenvalue weighted by molar-refractivity contribution is 7.47. The zero-order chi connectivity index (χ0) is 72.3. The van der Waals surface area contributed by atoms with Crippen LogP contribution in [0.3, 0.4) is 0 Å². The number of hydrogen-bond donors (Lipinski definition) is 3. The van der Waals surface area contributed by atoms with Crippen LogP contribution in [-0.4, -0.2) is 96.7 Å². The number of carbonyl (C=O) groups is 4. The molecule has 0 fully saturated rings. The number of rotatable bonds is 77. The number of esters is 4. The van der Waals surface area contributed by atoms with E-state index in [1.54, 1.807) is 0 Å². The van der Waals surface area contributed by atoms with Gasteiger partial charge in [0.25, 0.3) is 0 Å². The molecule has 0 radical (unpaired) electrons. The van der Waals surface area contributed by atoms with Gasteiger partial charge in [0.1, 0.15) is 19.3 Å². The topological polar surface area (TPSA) is 237 Å². The van der Waals surface area contributed by atoms with Crippen molar-refractivity contribution in [2.75, 3.05) is 39.6 Å². The van der Waals surface area contributed by atoms with Gasteiger partial charge in [-0.3, -0.25) is 37.3 Å². The van der Waals surface area contributed by atoms with Gasteiger partial charge in [-0.25, -0.2) is 9.13 Å². The van der Waals surface area contributed by atoms with E-state index >= 15 is 0 Å². The van der Waals surface area contributed by atoms with Gasteiger partial charge in [0.15, 0.2) is 12.2 Å². The monoisotopic (exact) mass is 1440 g/mol. The van der Waals surface area contributed by atoms with E-state index in [0.717, 1.165) is 108 Å². The number of phosphoric acid groups is 2. The molecule has 0 aromatic rings. The van der Waals surface area contributed by atoms with Crippen LogP contribution in [0.15, 0.2) is 0 Å². The zero-order valence-electron chi connectivity index (χ0n) is 64.3. The normalized spacial score (nSPS) is 14.3. The molecule has 0 saturated heterocycles. The van der Waals surface area contributed by atoms with E-state index in [0.29, 0.717) is 25.7 Å². The van der Waals surface area contributed by atoms with Crippen molar-refractivity contribution in [2.45, 2.75) is 426 Å². The molecule has 17 nitrogen and oxygen atoms in total. The summed E-state index contributed by atoms with van der Waals surface area (Å²) in [5.74, 6) is 0.150. The predicted octanol–water partition coefficient (Wildman–Crippen LogP) is 23.4. The number of phosphoric ester groups is 2. The highest BCUT2D eigenvalue weighted by Crippen LogP contribution is 2.45. The maximum atomic E-state index is 13.1. The van der Waals surface area contributed by atoms with E-state index in [-0.39, 0.29) is 25.7 Å². The third-order valence-electron chi connectivity index (χ3n) is 18.7. The van der Waals surface area contributed by atoms with E-state index in [4.69, 9.17) is 37.0 Å². The molecule has 0 saturated carbocycles. The minimum atomic E-state index is -4.96. The first-order chi connectivity index (χ1) is 47.3. The lowest BCUT2D eigenvalue weighted by molar-refractivity contribution is -0.161. The fourth-order valence-electron chi connectivity index (χ4n) is 12.1. The Labute approximate surface area is 600 Å². The van der Waals surface area contributed by atoms with Gasteiger partial charge < -0.3 is 33.8 Å². The van der Waals surface area contributed by atoms with Gasteiger partial charge in [-0.1, -0.05) is 357 Å². The Morgan fingerprint density at radius 3 is 0.776 bits per heavy atom. The molecule has 98 heavy (non-hydrogen) atoms. The molecule has 0 rings (SSSR count). The number of carbonyl (C=O) groups excluding carboxylic acids is 4. The second kappa shape index (κ2) is 69.4. The van der Waals surface area contributed by atoms with Crippen molar-refractivity contribution in [3.8, 4) is 0 Å². The minimum absolute atomic E-state index is 0.104. The second-order valence-electron chi connectivity index (χ2n) is 29.6. The van der Waals surface area contributed by atoms with Crippen LogP contribution >= 0.6 is 15.6 Å². The molecule has 0 aromatic carbocycles. The summed E-state index contributed by atoms with van der Waals surface area (Å²) in [5, 5.41) is 10.6. The molecular weight excluding hydrogens is 1280 g/mol. The zero-order valence-corrected chi connectivity index (χ0v) is 66.0. The van der Waals surface area contributed by atoms with Crippen molar-refractivity contribution in [3.63, 3.8) is 0 Å². The van der Waals surface area contributed by atoms with Gasteiger partial charge >= 0.3 is 39.5 Å². The molecule has 0 aromatic heterocycles. The Morgan fingerprint density at radius 1 is 0.296 bits per heavy atom. The van der Waals surface area contributed by atoms with Crippen LogP contribution in [0.25, 0.3) is 0 Å². The number of unbranched alkanes of at least 4 members (excludes halogenated alkanes) is 44. The number of aliphatic hydroxyl groups is 1. The maximum absolute atomic E-state index is 13.1. The molecule has 0 aliphatic carbocycles. The van der Waals surface area contributed by atoms with Crippen LogP contribution in [0.4, 0.5) is 0 Å². The highest BCUT2D eigenvalue weighted by atomic mass is 31.2. The predicted molar refractivity (Wildman–Crippen MR) is 400 cm³/mol. The molecule has 0 aliphatic heterocycles. The van der Waals surface area contributed by atoms with Gasteiger partial charge in [0.05, 0.1) is 26.4 Å². The van der Waals surface area contributed by atoms with Crippen LogP contribution in [0.2, 0.25) is 0 Å². The summed E-state index contributed by atoms with van der Waals surface area (Å²) in [6, 6.07) is 0. The molecule has 0 amide bonds. The maximum Gasteiger partial charge on any atom is 0.472 e. The standard InChI is InChI=1S/C79H154O17P2/c1-8-10-11-12-13-14-15-16-17-18-19-20-21-22-23-24-27-31-41-48-55-62-78(83)95-74(66-89-76(81)60-53-46-39-30-28-25-26-29-36-43-50-57-70(3)4)68-93-97(85,86)91-64-73(80)65-92-98(87,88)94-69-75(67-90-77(82)61-54-47-40-34-32-37-44-51-58-71(5)6)96-79(84)63-56-49-42-35-33-38-45-52-59-72(7)9-2/h70-75,80H,8-69H2,1-7H3,(H,85,86)(H,87,88)/t72?,73-,74-,75-/m1/s1. The Hall–Kier alpha value is -1.94. The van der Waals surface area contributed by atoms with Gasteiger partial charge in [0, 0.05) is 25.7 Å². The first-order valence-electron chi connectivity index (χ1n) is 40.9. The van der Waals surface area contributed by atoms with Crippen molar-refractivity contribution in [1.29, 1.82) is 0 Å². The minimum Gasteiger partial charge on any atom is -0.462 e. The van der Waals surface area contributed by atoms with Crippen molar-refractivity contribution in [3.05, 3.63) is 0 Å². The van der Waals surface area contributed by atoms with E-state index in [1.165, 1.54) is 218 Å². The summed E-state index contributed by atoms with van der Waals surface area (Å²) in [6.07, 6.45) is 57.0. The van der Waals surface area contributed by atoms with Gasteiger partial charge in [-0.2, -0.15) is 0 Å². The summed E-state index contributed by atoms with van der Waals surface area (Å²) in [7, 11) is -9.92. The average Bonchev–Trinajstić information content (AvgIpc) is 1.02. The molecule has 0 spiro atoms. The van der Waals surface area contributed by atoms with E-state index in [2.05, 4.69) is 48.5 Å². The van der Waals surface area contributed by atoms with E-state index in [9.17, 15) is 43.2 Å². The van der Waals surface area contributed by atoms with Crippen LogP contribution in [0.1, 0.15) is 408 Å². The molecule has 6 atom stereocenters. The highest BCUT2D eigenvalue weighted by Gasteiger charge is 2.30. The van der Waals surface area contributed by atoms with Gasteiger partial charge in [0.2, 0.25) is 0 Å². The summed E-state index contributed by atoms with van der Waals surface area (Å²) in [5.41, 5.74) is 0. The van der Waals surface area contributed by atoms with Crippen molar-refractivity contribution < 1.29 is 80.2 Å². The van der Waals surface area contributed by atoms with Crippen molar-refractivity contribution in [1.82, 2.24) is 0 Å². The number of ether oxygens (including phenoxy) is 4. The quantitative estimate of drug-likeness (QED) is 0.0222. The SMILES string of the molecule is CCCCCCCCCCCCCCCCCCCCCCCC(=O)O[C@H](COC(=O)CCCCCCCCCCCCCC(C)C)COP(=O)(O)OC[C@@H](O)COP(=O)(O)OC[C@@H](COC(=O)CCCCCCCCCCC(C)C)OC(=O)CCCCCCCCCCC(C)CC. The van der Waals surface area contributed by atoms with E-state index in [1.807, 2.05) is 0 Å². The molecular formula is C79H154O17P2. The first-order valence-corrected chi connectivity index (χ1v) is 43.9. The summed E-state index contributed by atoms with van der Waals surface area (Å²) in [6.45, 7) is 11.9. The van der Waals surface area contributed by atoms with Gasteiger partial charge in [-0.15, -0.1) is 0 Å². The fourth-order valence-corrected chi connectivity index (χ4v) is 13.7. The molecule has 3 unspecified atom stereocenters. The molecule has 0 aliphatic rings. The fraction of sp³-hybridized carbons (Fsp3) is 0.949. The Bertz CT molecular complexity index is 1910. The van der Waals surface area contributed by atoms with E-state index < -0.39 is 97.5 Å². The molecule has 0 bridgehead atoms.